The summed E-state index contributed by atoms with van der Waals surface area (Å²) in [6.45, 7) is -0.0587. The van der Waals surface area contributed by atoms with Crippen molar-refractivity contribution >= 4 is 41.1 Å². The molecule has 1 aliphatic rings. The summed E-state index contributed by atoms with van der Waals surface area (Å²) in [6.07, 6.45) is 8.71. The predicted molar refractivity (Wildman–Crippen MR) is 163 cm³/mol. The number of pyridine rings is 1. The zero-order chi connectivity index (χ0) is 30.2. The Morgan fingerprint density at radius 1 is 1.16 bits per heavy atom. The Kier molecular flexibility index (Phi) is 9.59. The molecule has 2 bridgehead atoms. The van der Waals surface area contributed by atoms with Crippen LogP contribution in [0.15, 0.2) is 67.1 Å². The number of amides is 2. The van der Waals surface area contributed by atoms with Crippen LogP contribution in [-0.2, 0) is 9.53 Å². The molecular formula is C30H31ClN8O4. The summed E-state index contributed by atoms with van der Waals surface area (Å²) in [5.74, 6) is -0.291. The summed E-state index contributed by atoms with van der Waals surface area (Å²) in [5, 5.41) is 31.1. The van der Waals surface area contributed by atoms with Gasteiger partial charge in [-0.2, -0.15) is 4.68 Å². The summed E-state index contributed by atoms with van der Waals surface area (Å²) in [7, 11) is 1.30. The molecule has 0 radical (unpaired) electrons. The van der Waals surface area contributed by atoms with E-state index in [1.54, 1.807) is 36.5 Å². The third kappa shape index (κ3) is 7.53. The van der Waals surface area contributed by atoms with Gasteiger partial charge in [0, 0.05) is 45.8 Å². The number of carbonyl (C=O) groups excluding carboxylic acids is 2. The molecule has 5 rings (SSSR count). The lowest BCUT2D eigenvalue weighted by atomic mass is 9.96. The van der Waals surface area contributed by atoms with Gasteiger partial charge in [-0.1, -0.05) is 30.5 Å². The number of nitrogens with one attached hydrogen (secondary N) is 3. The third-order valence-electron chi connectivity index (χ3n) is 7.09. The Balaban J connectivity index is 1.42. The van der Waals surface area contributed by atoms with Gasteiger partial charge in [0.2, 0.25) is 5.91 Å². The van der Waals surface area contributed by atoms with Crippen molar-refractivity contribution in [3.63, 3.8) is 0 Å². The Morgan fingerprint density at radius 2 is 2.02 bits per heavy atom. The Morgan fingerprint density at radius 3 is 2.81 bits per heavy atom. The number of hydrogen-bond donors (Lipinski definition) is 4. The fourth-order valence-electron chi connectivity index (χ4n) is 4.96. The van der Waals surface area contributed by atoms with Gasteiger partial charge in [-0.25, -0.2) is 4.79 Å². The number of aliphatic hydroxyl groups is 1. The SMILES string of the molecule is COC(=O)Nc1ccc2c(c1)NC(CO)CCCCC(NC(=O)C=Cc1cc(Cl)ccc1-n1cnnn1)c1cc-2ccn1. The van der Waals surface area contributed by atoms with Gasteiger partial charge in [0.05, 0.1) is 31.1 Å². The molecule has 2 aromatic heterocycles. The van der Waals surface area contributed by atoms with E-state index in [1.165, 1.54) is 24.2 Å². The van der Waals surface area contributed by atoms with Crippen molar-refractivity contribution in [2.75, 3.05) is 24.4 Å². The fraction of sp³-hybridized carbons (Fsp3) is 0.267. The predicted octanol–water partition coefficient (Wildman–Crippen LogP) is 4.77. The summed E-state index contributed by atoms with van der Waals surface area (Å²) in [4.78, 5) is 29.6. The van der Waals surface area contributed by atoms with Crippen LogP contribution in [0.1, 0.15) is 43.0 Å². The monoisotopic (exact) mass is 602 g/mol. The van der Waals surface area contributed by atoms with Crippen molar-refractivity contribution in [1.29, 1.82) is 0 Å². The second kappa shape index (κ2) is 13.9. The molecule has 43 heavy (non-hydrogen) atoms. The first-order valence-corrected chi connectivity index (χ1v) is 14.2. The van der Waals surface area contributed by atoms with Crippen LogP contribution in [0, 0.1) is 0 Å². The van der Waals surface area contributed by atoms with Crippen LogP contribution in [0.3, 0.4) is 0 Å². The first kappa shape index (κ1) is 29.7. The lowest BCUT2D eigenvalue weighted by molar-refractivity contribution is -0.117. The molecule has 4 aromatic rings. The number of aromatic nitrogens is 5. The van der Waals surface area contributed by atoms with E-state index >= 15 is 0 Å². The second-order valence-corrected chi connectivity index (χ2v) is 10.4. The number of nitrogens with zero attached hydrogens (tertiary/aromatic N) is 5. The van der Waals surface area contributed by atoms with E-state index in [4.69, 9.17) is 16.3 Å². The number of carbonyl (C=O) groups is 2. The summed E-state index contributed by atoms with van der Waals surface area (Å²) >= 11 is 6.22. The average molecular weight is 603 g/mol. The normalized spacial score (nSPS) is 16.7. The number of halogens is 1. The number of rotatable bonds is 6. The number of aliphatic hydroxyl groups excluding tert-OH is 1. The number of hydrogen-bond acceptors (Lipinski definition) is 9. The molecule has 2 atom stereocenters. The second-order valence-electron chi connectivity index (χ2n) is 10.0. The quantitative estimate of drug-likeness (QED) is 0.228. The molecule has 13 heteroatoms. The average Bonchev–Trinajstić information content (AvgIpc) is 3.55. The van der Waals surface area contributed by atoms with Crippen molar-refractivity contribution in [2.45, 2.75) is 37.8 Å². The highest BCUT2D eigenvalue weighted by Crippen LogP contribution is 2.34. The van der Waals surface area contributed by atoms with Gasteiger partial charge >= 0.3 is 6.09 Å². The molecule has 2 unspecified atom stereocenters. The molecule has 0 saturated heterocycles. The lowest BCUT2D eigenvalue weighted by Gasteiger charge is -2.24. The molecule has 4 N–H and O–H groups in total. The maximum Gasteiger partial charge on any atom is 0.411 e. The van der Waals surface area contributed by atoms with Gasteiger partial charge in [-0.05, 0) is 77.4 Å². The van der Waals surface area contributed by atoms with Crippen molar-refractivity contribution in [1.82, 2.24) is 30.5 Å². The first-order chi connectivity index (χ1) is 20.9. The molecule has 3 heterocycles. The fourth-order valence-corrected chi connectivity index (χ4v) is 5.14. The van der Waals surface area contributed by atoms with Gasteiger partial charge in [0.1, 0.15) is 6.33 Å². The van der Waals surface area contributed by atoms with Crippen LogP contribution < -0.4 is 16.0 Å². The molecule has 12 nitrogen and oxygen atoms in total. The Bertz CT molecular complexity index is 1610. The van der Waals surface area contributed by atoms with Crippen LogP contribution in [-0.4, -0.2) is 62.1 Å². The summed E-state index contributed by atoms with van der Waals surface area (Å²) in [6, 6.07) is 14.0. The number of fused-ring (bicyclic) bond motifs is 4. The van der Waals surface area contributed by atoms with Crippen molar-refractivity contribution < 1.29 is 19.4 Å². The third-order valence-corrected chi connectivity index (χ3v) is 7.33. The van der Waals surface area contributed by atoms with Crippen molar-refractivity contribution in [3.8, 4) is 16.8 Å². The zero-order valence-electron chi connectivity index (χ0n) is 23.4. The highest BCUT2D eigenvalue weighted by molar-refractivity contribution is 6.30. The zero-order valence-corrected chi connectivity index (χ0v) is 24.2. The van der Waals surface area contributed by atoms with Gasteiger partial charge in [0.15, 0.2) is 0 Å². The standard InChI is InChI=1S/C30H31ClN8O4/c1-43-30(42)35-22-8-9-24-19-12-13-32-27(15-19)25(5-3-2-4-23(17-40)34-26(24)16-22)36-29(41)11-6-20-14-21(31)7-10-28(20)39-18-33-37-38-39/h6-16,18,23,25,34,40H,2-5,17H2,1H3,(H,35,42)(H,36,41). The lowest BCUT2D eigenvalue weighted by Crippen LogP contribution is -2.28. The number of anilines is 2. The molecule has 2 aromatic carbocycles. The molecule has 1 aliphatic heterocycles. The van der Waals surface area contributed by atoms with E-state index < -0.39 is 6.09 Å². The highest BCUT2D eigenvalue weighted by Gasteiger charge is 2.20. The van der Waals surface area contributed by atoms with Crippen LogP contribution >= 0.6 is 11.6 Å². The van der Waals surface area contributed by atoms with E-state index in [1.807, 2.05) is 24.3 Å². The maximum absolute atomic E-state index is 13.2. The van der Waals surface area contributed by atoms with E-state index in [0.29, 0.717) is 34.8 Å². The topological polar surface area (TPSA) is 156 Å². The minimum atomic E-state index is -0.576. The minimum Gasteiger partial charge on any atom is -0.453 e. The van der Waals surface area contributed by atoms with Crippen LogP contribution in [0.4, 0.5) is 16.2 Å². The van der Waals surface area contributed by atoms with E-state index in [2.05, 4.69) is 36.5 Å². The Hall–Kier alpha value is -4.81. The van der Waals surface area contributed by atoms with E-state index in [-0.39, 0.29) is 24.6 Å². The van der Waals surface area contributed by atoms with Crippen LogP contribution in [0.2, 0.25) is 5.02 Å². The van der Waals surface area contributed by atoms with Gasteiger partial charge in [-0.15, -0.1) is 5.10 Å². The molecule has 0 saturated carbocycles. The number of benzene rings is 2. The van der Waals surface area contributed by atoms with Gasteiger partial charge in [-0.3, -0.25) is 15.1 Å². The van der Waals surface area contributed by atoms with Crippen molar-refractivity contribution in [2.24, 2.45) is 0 Å². The maximum atomic E-state index is 13.2. The van der Waals surface area contributed by atoms with E-state index in [0.717, 1.165) is 35.3 Å². The summed E-state index contributed by atoms with van der Waals surface area (Å²) < 4.78 is 6.23. The first-order valence-electron chi connectivity index (χ1n) is 13.8. The molecule has 0 spiro atoms. The molecular weight excluding hydrogens is 572 g/mol. The number of ether oxygens (including phenoxy) is 1. The summed E-state index contributed by atoms with van der Waals surface area (Å²) in [5.41, 5.74) is 5.10. The number of tetrazole rings is 1. The van der Waals surface area contributed by atoms with Crippen LogP contribution in [0.25, 0.3) is 22.9 Å². The molecule has 0 aliphatic carbocycles. The Labute approximate surface area is 253 Å². The molecule has 2 amide bonds. The van der Waals surface area contributed by atoms with Gasteiger partial charge < -0.3 is 20.5 Å². The van der Waals surface area contributed by atoms with Gasteiger partial charge in [0.25, 0.3) is 0 Å². The van der Waals surface area contributed by atoms with E-state index in [9.17, 15) is 14.7 Å². The molecule has 0 fully saturated rings. The highest BCUT2D eigenvalue weighted by atomic mass is 35.5. The van der Waals surface area contributed by atoms with Crippen LogP contribution in [0.5, 0.6) is 0 Å². The largest absolute Gasteiger partial charge is 0.453 e. The van der Waals surface area contributed by atoms with Crippen molar-refractivity contribution in [3.05, 3.63) is 83.4 Å². The smallest absolute Gasteiger partial charge is 0.411 e. The number of methoxy groups -OCH3 is 1. The molecule has 222 valence electrons. The minimum absolute atomic E-state index is 0.0587.